The van der Waals surface area contributed by atoms with Crippen LogP contribution in [0.15, 0.2) is 30.3 Å². The summed E-state index contributed by atoms with van der Waals surface area (Å²) in [4.78, 5) is 0. The second-order valence-corrected chi connectivity index (χ2v) is 6.13. The van der Waals surface area contributed by atoms with Crippen molar-refractivity contribution in [1.82, 2.24) is 4.72 Å². The minimum absolute atomic E-state index is 0.124. The predicted octanol–water partition coefficient (Wildman–Crippen LogP) is 2.71. The second kappa shape index (κ2) is 6.17. The zero-order chi connectivity index (χ0) is 12.9. The topological polar surface area (TPSA) is 46.2 Å². The van der Waals surface area contributed by atoms with E-state index < -0.39 is 10.0 Å². The van der Waals surface area contributed by atoms with Gasteiger partial charge in [-0.3, -0.25) is 0 Å². The first-order valence-electron chi connectivity index (χ1n) is 6.00. The van der Waals surface area contributed by atoms with E-state index in [0.717, 1.165) is 18.4 Å². The number of sulfonamides is 1. The summed E-state index contributed by atoms with van der Waals surface area (Å²) in [7, 11) is -3.19. The summed E-state index contributed by atoms with van der Waals surface area (Å²) in [6.07, 6.45) is 3.13. The Morgan fingerprint density at radius 2 is 1.65 bits per heavy atom. The smallest absolute Gasteiger partial charge is 0.209 e. The molecule has 0 saturated carbocycles. The molecular weight excluding hydrogens is 234 g/mol. The summed E-state index contributed by atoms with van der Waals surface area (Å²) in [6, 6.07) is 9.64. The first-order valence-corrected chi connectivity index (χ1v) is 7.89. The van der Waals surface area contributed by atoms with Crippen molar-refractivity contribution in [2.45, 2.75) is 32.7 Å². The molecule has 17 heavy (non-hydrogen) atoms. The van der Waals surface area contributed by atoms with Crippen LogP contribution in [0.25, 0.3) is 0 Å². The molecule has 0 saturated heterocycles. The predicted molar refractivity (Wildman–Crippen MR) is 71.2 cm³/mol. The molecule has 1 atom stereocenters. The Morgan fingerprint density at radius 1 is 1.12 bits per heavy atom. The molecule has 0 aromatic heterocycles. The first-order chi connectivity index (χ1) is 7.98. The van der Waals surface area contributed by atoms with E-state index in [1.54, 1.807) is 0 Å². The fourth-order valence-corrected chi connectivity index (χ4v) is 2.88. The monoisotopic (exact) mass is 255 g/mol. The normalized spacial score (nSPS) is 13.9. The number of nitrogens with one attached hydrogen (secondary N) is 1. The van der Waals surface area contributed by atoms with Crippen LogP contribution in [0.2, 0.25) is 0 Å². The van der Waals surface area contributed by atoms with Gasteiger partial charge in [0.1, 0.15) is 0 Å². The van der Waals surface area contributed by atoms with Crippen molar-refractivity contribution in [1.29, 1.82) is 0 Å². The van der Waals surface area contributed by atoms with E-state index in [4.69, 9.17) is 0 Å². The molecule has 1 unspecified atom stereocenters. The van der Waals surface area contributed by atoms with Crippen LogP contribution >= 0.6 is 0 Å². The van der Waals surface area contributed by atoms with Crippen LogP contribution in [-0.2, 0) is 10.0 Å². The van der Waals surface area contributed by atoms with E-state index in [1.807, 2.05) is 30.3 Å². The second-order valence-electron chi connectivity index (χ2n) is 4.35. The Morgan fingerprint density at radius 3 is 2.06 bits per heavy atom. The van der Waals surface area contributed by atoms with Gasteiger partial charge in [-0.05, 0) is 11.5 Å². The third-order valence-electron chi connectivity index (χ3n) is 3.02. The standard InChI is InChI=1S/C13H21NO2S/c1-4-11(5-2)13(14-17(3,15)16)12-9-7-6-8-10-12/h6-11,13-14H,4-5H2,1-3H3. The molecule has 1 rings (SSSR count). The third-order valence-corrected chi connectivity index (χ3v) is 3.70. The SMILES string of the molecule is CCC(CC)C(NS(C)(=O)=O)c1ccccc1. The molecular formula is C13H21NO2S. The van der Waals surface area contributed by atoms with Crippen LogP contribution in [0, 0.1) is 5.92 Å². The lowest BCUT2D eigenvalue weighted by molar-refractivity contribution is 0.379. The Bertz CT molecular complexity index is 424. The zero-order valence-electron chi connectivity index (χ0n) is 10.7. The van der Waals surface area contributed by atoms with Gasteiger partial charge in [0.15, 0.2) is 0 Å². The maximum absolute atomic E-state index is 11.4. The lowest BCUT2D eigenvalue weighted by Gasteiger charge is -2.26. The van der Waals surface area contributed by atoms with Gasteiger partial charge in [0.05, 0.1) is 6.26 Å². The summed E-state index contributed by atoms with van der Waals surface area (Å²) in [5, 5.41) is 0. The molecule has 1 aromatic rings. The molecule has 96 valence electrons. The molecule has 0 bridgehead atoms. The Labute approximate surface area is 104 Å². The van der Waals surface area contributed by atoms with Gasteiger partial charge < -0.3 is 0 Å². The zero-order valence-corrected chi connectivity index (χ0v) is 11.5. The summed E-state index contributed by atoms with van der Waals surface area (Å²) in [5.41, 5.74) is 1.03. The van der Waals surface area contributed by atoms with Gasteiger partial charge in [-0.1, -0.05) is 57.0 Å². The molecule has 0 aliphatic rings. The van der Waals surface area contributed by atoms with Crippen molar-refractivity contribution in [3.63, 3.8) is 0 Å². The van der Waals surface area contributed by atoms with Crippen LogP contribution < -0.4 is 4.72 Å². The van der Waals surface area contributed by atoms with Gasteiger partial charge in [-0.2, -0.15) is 0 Å². The van der Waals surface area contributed by atoms with Crippen LogP contribution in [0.4, 0.5) is 0 Å². The van der Waals surface area contributed by atoms with Crippen molar-refractivity contribution >= 4 is 10.0 Å². The van der Waals surface area contributed by atoms with Gasteiger partial charge in [-0.15, -0.1) is 0 Å². The minimum Gasteiger partial charge on any atom is -0.213 e. The van der Waals surface area contributed by atoms with Gasteiger partial charge >= 0.3 is 0 Å². The van der Waals surface area contributed by atoms with E-state index in [9.17, 15) is 8.42 Å². The maximum atomic E-state index is 11.4. The number of rotatable bonds is 6. The van der Waals surface area contributed by atoms with Gasteiger partial charge in [0.2, 0.25) is 10.0 Å². The number of benzene rings is 1. The van der Waals surface area contributed by atoms with E-state index in [-0.39, 0.29) is 6.04 Å². The van der Waals surface area contributed by atoms with Crippen LogP contribution in [0.3, 0.4) is 0 Å². The lowest BCUT2D eigenvalue weighted by atomic mass is 9.90. The fraction of sp³-hybridized carbons (Fsp3) is 0.538. The quantitative estimate of drug-likeness (QED) is 0.849. The molecule has 1 aromatic carbocycles. The molecule has 3 nitrogen and oxygen atoms in total. The third kappa shape index (κ3) is 4.48. The highest BCUT2D eigenvalue weighted by atomic mass is 32.2. The van der Waals surface area contributed by atoms with E-state index >= 15 is 0 Å². The average Bonchev–Trinajstić information content (AvgIpc) is 2.29. The van der Waals surface area contributed by atoms with Crippen molar-refractivity contribution in [2.75, 3.05) is 6.26 Å². The van der Waals surface area contributed by atoms with Crippen molar-refractivity contribution in [3.05, 3.63) is 35.9 Å². The largest absolute Gasteiger partial charge is 0.213 e. The molecule has 4 heteroatoms. The van der Waals surface area contributed by atoms with Crippen LogP contribution in [-0.4, -0.2) is 14.7 Å². The Balaban J connectivity index is 3.02. The summed E-state index contributed by atoms with van der Waals surface area (Å²) < 4.78 is 25.6. The lowest BCUT2D eigenvalue weighted by Crippen LogP contribution is -2.32. The molecule has 0 aliphatic heterocycles. The maximum Gasteiger partial charge on any atom is 0.209 e. The molecule has 0 fully saturated rings. The minimum atomic E-state index is -3.19. The van der Waals surface area contributed by atoms with Gasteiger partial charge in [-0.25, -0.2) is 13.1 Å². The Hall–Kier alpha value is -0.870. The highest BCUT2D eigenvalue weighted by Gasteiger charge is 2.23. The Kier molecular flexibility index (Phi) is 5.15. The molecule has 1 N–H and O–H groups in total. The van der Waals surface area contributed by atoms with Crippen LogP contribution in [0.5, 0.6) is 0 Å². The molecule has 0 heterocycles. The average molecular weight is 255 g/mol. The highest BCUT2D eigenvalue weighted by Crippen LogP contribution is 2.27. The molecule has 0 aliphatic carbocycles. The summed E-state index contributed by atoms with van der Waals surface area (Å²) in [6.45, 7) is 4.18. The molecule has 0 amide bonds. The molecule has 0 radical (unpaired) electrons. The highest BCUT2D eigenvalue weighted by molar-refractivity contribution is 7.88. The van der Waals surface area contributed by atoms with Crippen molar-refractivity contribution < 1.29 is 8.42 Å². The summed E-state index contributed by atoms with van der Waals surface area (Å²) in [5.74, 6) is 0.326. The van der Waals surface area contributed by atoms with Crippen molar-refractivity contribution in [3.8, 4) is 0 Å². The van der Waals surface area contributed by atoms with E-state index in [1.165, 1.54) is 6.26 Å². The first kappa shape index (κ1) is 14.2. The van der Waals surface area contributed by atoms with Gasteiger partial charge in [0.25, 0.3) is 0 Å². The fourth-order valence-electron chi connectivity index (χ4n) is 2.09. The molecule has 0 spiro atoms. The number of hydrogen-bond donors (Lipinski definition) is 1. The van der Waals surface area contributed by atoms with E-state index in [0.29, 0.717) is 5.92 Å². The summed E-state index contributed by atoms with van der Waals surface area (Å²) >= 11 is 0. The van der Waals surface area contributed by atoms with Crippen LogP contribution in [0.1, 0.15) is 38.3 Å². The van der Waals surface area contributed by atoms with Gasteiger partial charge in [0, 0.05) is 6.04 Å². The van der Waals surface area contributed by atoms with Crippen molar-refractivity contribution in [2.24, 2.45) is 5.92 Å². The van der Waals surface area contributed by atoms with E-state index in [2.05, 4.69) is 18.6 Å². The number of hydrogen-bond acceptors (Lipinski definition) is 2.